The minimum absolute atomic E-state index is 0.116. The highest BCUT2D eigenvalue weighted by Gasteiger charge is 2.13. The molecule has 6 heteroatoms. The quantitative estimate of drug-likeness (QED) is 0.801. The van der Waals surface area contributed by atoms with Crippen molar-refractivity contribution in [1.29, 1.82) is 0 Å². The first-order chi connectivity index (χ1) is 6.65. The molecule has 78 valence electrons. The van der Waals surface area contributed by atoms with E-state index in [2.05, 4.69) is 14.9 Å². The molecule has 0 spiro atoms. The molecule has 14 heavy (non-hydrogen) atoms. The van der Waals surface area contributed by atoms with Gasteiger partial charge in [0, 0.05) is 12.4 Å². The average molecular weight is 234 g/mol. The van der Waals surface area contributed by atoms with Crippen LogP contribution in [0, 0.1) is 12.8 Å². The van der Waals surface area contributed by atoms with Crippen LogP contribution in [-0.2, 0) is 0 Å². The number of carbonyl (C=O) groups is 1. The Kier molecular flexibility index (Phi) is 4.28. The van der Waals surface area contributed by atoms with Gasteiger partial charge in [-0.05, 0) is 24.4 Å². The monoisotopic (exact) mass is 233 g/mol. The lowest BCUT2D eigenvalue weighted by molar-refractivity contribution is 0.0952. The lowest BCUT2D eigenvalue weighted by atomic mass is 10.2. The van der Waals surface area contributed by atoms with E-state index in [1.165, 1.54) is 0 Å². The lowest BCUT2D eigenvalue weighted by Crippen LogP contribution is -2.28. The van der Waals surface area contributed by atoms with Crippen LogP contribution in [0.25, 0.3) is 0 Å². The highest BCUT2D eigenvalue weighted by Crippen LogP contribution is 2.08. The van der Waals surface area contributed by atoms with Crippen molar-refractivity contribution >= 4 is 29.0 Å². The van der Waals surface area contributed by atoms with Crippen LogP contribution in [0.3, 0.4) is 0 Å². The molecule has 0 fully saturated rings. The van der Waals surface area contributed by atoms with Gasteiger partial charge in [0.15, 0.2) is 0 Å². The number of alkyl halides is 1. The van der Waals surface area contributed by atoms with E-state index in [1.807, 2.05) is 6.92 Å². The molecule has 1 atom stereocenters. The highest BCUT2D eigenvalue weighted by molar-refractivity contribution is 7.07. The fraction of sp³-hybridized carbons (Fsp3) is 0.625. The maximum absolute atomic E-state index is 11.5. The summed E-state index contributed by atoms with van der Waals surface area (Å²) in [5, 5.41) is 6.55. The Morgan fingerprint density at radius 2 is 2.43 bits per heavy atom. The summed E-state index contributed by atoms with van der Waals surface area (Å²) in [4.78, 5) is 12.1. The summed E-state index contributed by atoms with van der Waals surface area (Å²) >= 11 is 6.73. The van der Waals surface area contributed by atoms with E-state index in [0.29, 0.717) is 23.0 Å². The fourth-order valence-corrected chi connectivity index (χ4v) is 1.52. The molecule has 0 saturated heterocycles. The van der Waals surface area contributed by atoms with Gasteiger partial charge in [0.05, 0.1) is 5.69 Å². The Morgan fingerprint density at radius 3 is 2.93 bits per heavy atom. The molecule has 4 nitrogen and oxygen atoms in total. The van der Waals surface area contributed by atoms with Crippen LogP contribution in [-0.4, -0.2) is 27.9 Å². The van der Waals surface area contributed by atoms with Crippen LogP contribution >= 0.6 is 23.1 Å². The molecule has 1 aromatic heterocycles. The van der Waals surface area contributed by atoms with Crippen LogP contribution in [0.1, 0.15) is 22.3 Å². The van der Waals surface area contributed by atoms with E-state index in [0.717, 1.165) is 11.5 Å². The number of carbonyl (C=O) groups excluding carboxylic acids is 1. The summed E-state index contributed by atoms with van der Waals surface area (Å²) in [6.45, 7) is 4.33. The number of hydrogen-bond donors (Lipinski definition) is 1. The first-order valence-corrected chi connectivity index (χ1v) is 5.59. The zero-order valence-corrected chi connectivity index (χ0v) is 9.65. The molecule has 0 bridgehead atoms. The third-order valence-electron chi connectivity index (χ3n) is 1.73. The van der Waals surface area contributed by atoms with Gasteiger partial charge in [0.2, 0.25) is 0 Å². The predicted octanol–water partition coefficient (Wildman–Crippen LogP) is 1.45. The van der Waals surface area contributed by atoms with Crippen molar-refractivity contribution in [3.05, 3.63) is 10.6 Å². The van der Waals surface area contributed by atoms with Crippen molar-refractivity contribution in [3.8, 4) is 0 Å². The van der Waals surface area contributed by atoms with E-state index >= 15 is 0 Å². The number of halogens is 1. The Hall–Kier alpha value is -0.680. The second kappa shape index (κ2) is 5.26. The summed E-state index contributed by atoms with van der Waals surface area (Å²) in [6, 6.07) is 0. The van der Waals surface area contributed by atoms with Gasteiger partial charge >= 0.3 is 0 Å². The van der Waals surface area contributed by atoms with Crippen molar-refractivity contribution in [2.24, 2.45) is 5.92 Å². The molecular weight excluding hydrogens is 222 g/mol. The van der Waals surface area contributed by atoms with E-state index in [9.17, 15) is 4.79 Å². The Labute approximate surface area is 91.8 Å². The molecule has 1 N–H and O–H groups in total. The summed E-state index contributed by atoms with van der Waals surface area (Å²) in [7, 11) is 0. The summed E-state index contributed by atoms with van der Waals surface area (Å²) < 4.78 is 3.69. The molecule has 0 aromatic carbocycles. The Balaban J connectivity index is 2.47. The zero-order valence-electron chi connectivity index (χ0n) is 8.08. The first kappa shape index (κ1) is 11.4. The van der Waals surface area contributed by atoms with Crippen molar-refractivity contribution in [2.75, 3.05) is 12.4 Å². The summed E-state index contributed by atoms with van der Waals surface area (Å²) in [5.74, 6) is 0.705. The summed E-state index contributed by atoms with van der Waals surface area (Å²) in [6.07, 6.45) is 0. The van der Waals surface area contributed by atoms with Gasteiger partial charge in [0.1, 0.15) is 4.88 Å². The van der Waals surface area contributed by atoms with Crippen LogP contribution in [0.4, 0.5) is 0 Å². The van der Waals surface area contributed by atoms with Gasteiger partial charge in [0.25, 0.3) is 5.91 Å². The fourth-order valence-electron chi connectivity index (χ4n) is 0.841. The molecule has 1 rings (SSSR count). The van der Waals surface area contributed by atoms with Gasteiger partial charge in [-0.25, -0.2) is 0 Å². The predicted molar refractivity (Wildman–Crippen MR) is 56.9 cm³/mol. The third kappa shape index (κ3) is 2.92. The maximum atomic E-state index is 11.5. The van der Waals surface area contributed by atoms with Crippen LogP contribution < -0.4 is 5.32 Å². The van der Waals surface area contributed by atoms with Crippen LogP contribution in [0.5, 0.6) is 0 Å². The zero-order chi connectivity index (χ0) is 10.6. The van der Waals surface area contributed by atoms with Crippen molar-refractivity contribution in [1.82, 2.24) is 14.9 Å². The van der Waals surface area contributed by atoms with E-state index in [1.54, 1.807) is 6.92 Å². The smallest absolute Gasteiger partial charge is 0.264 e. The third-order valence-corrected chi connectivity index (χ3v) is 3.09. The van der Waals surface area contributed by atoms with Crippen molar-refractivity contribution in [3.63, 3.8) is 0 Å². The molecule has 0 aliphatic rings. The molecule has 0 saturated carbocycles. The molecule has 1 amide bonds. The molecule has 0 aliphatic carbocycles. The average Bonchev–Trinajstić information content (AvgIpc) is 2.60. The first-order valence-electron chi connectivity index (χ1n) is 4.28. The summed E-state index contributed by atoms with van der Waals surface area (Å²) in [5.41, 5.74) is 0.672. The molecular formula is C8H12ClN3OS. The molecule has 0 aliphatic heterocycles. The number of amides is 1. The number of aryl methyl sites for hydroxylation is 1. The van der Waals surface area contributed by atoms with Gasteiger partial charge in [-0.1, -0.05) is 11.4 Å². The molecule has 1 heterocycles. The van der Waals surface area contributed by atoms with Crippen LogP contribution in [0.2, 0.25) is 0 Å². The maximum Gasteiger partial charge on any atom is 0.264 e. The van der Waals surface area contributed by atoms with Gasteiger partial charge in [-0.2, -0.15) is 0 Å². The standard InChI is InChI=1S/C8H12ClN3OS/c1-5(3-9)4-10-8(13)7-6(2)11-12-14-7/h5H,3-4H2,1-2H3,(H,10,13). The second-order valence-electron chi connectivity index (χ2n) is 3.16. The van der Waals surface area contributed by atoms with Crippen molar-refractivity contribution in [2.45, 2.75) is 13.8 Å². The number of nitrogens with one attached hydrogen (secondary N) is 1. The van der Waals surface area contributed by atoms with E-state index < -0.39 is 0 Å². The molecule has 1 aromatic rings. The molecule has 1 unspecified atom stereocenters. The van der Waals surface area contributed by atoms with Crippen LogP contribution in [0.15, 0.2) is 0 Å². The molecule has 0 radical (unpaired) electrons. The lowest BCUT2D eigenvalue weighted by Gasteiger charge is -2.07. The van der Waals surface area contributed by atoms with E-state index in [-0.39, 0.29) is 11.8 Å². The number of rotatable bonds is 4. The number of nitrogens with zero attached hydrogens (tertiary/aromatic N) is 2. The Bertz CT molecular complexity index is 315. The second-order valence-corrected chi connectivity index (χ2v) is 4.22. The Morgan fingerprint density at radius 1 is 1.71 bits per heavy atom. The largest absolute Gasteiger partial charge is 0.351 e. The highest BCUT2D eigenvalue weighted by atomic mass is 35.5. The minimum Gasteiger partial charge on any atom is -0.351 e. The van der Waals surface area contributed by atoms with Crippen molar-refractivity contribution < 1.29 is 4.79 Å². The number of aromatic nitrogens is 2. The van der Waals surface area contributed by atoms with E-state index in [4.69, 9.17) is 11.6 Å². The number of hydrogen-bond acceptors (Lipinski definition) is 4. The minimum atomic E-state index is -0.116. The SMILES string of the molecule is Cc1nnsc1C(=O)NCC(C)CCl. The van der Waals surface area contributed by atoms with Gasteiger partial charge in [-0.15, -0.1) is 16.7 Å². The van der Waals surface area contributed by atoms with Gasteiger partial charge in [-0.3, -0.25) is 4.79 Å². The van der Waals surface area contributed by atoms with Gasteiger partial charge < -0.3 is 5.32 Å². The normalized spacial score (nSPS) is 12.5. The topological polar surface area (TPSA) is 54.9 Å².